The molecular formula is C24H24BrFN2O2. The third-order valence-electron chi connectivity index (χ3n) is 5.37. The van der Waals surface area contributed by atoms with Crippen LogP contribution in [0.2, 0.25) is 0 Å². The summed E-state index contributed by atoms with van der Waals surface area (Å²) in [6.07, 6.45) is 5.93. The highest BCUT2D eigenvalue weighted by molar-refractivity contribution is 9.10. The first kappa shape index (κ1) is 22.0. The number of nitrogens with zero attached hydrogens (tertiary/aromatic N) is 1. The van der Waals surface area contributed by atoms with E-state index in [1.54, 1.807) is 36.4 Å². The Labute approximate surface area is 184 Å². The Morgan fingerprint density at radius 2 is 2.00 bits per heavy atom. The van der Waals surface area contributed by atoms with E-state index in [9.17, 15) is 14.4 Å². The lowest BCUT2D eigenvalue weighted by atomic mass is 9.86. The Bertz CT molecular complexity index is 966. The maximum Gasteiger partial charge on any atom is 0.262 e. The van der Waals surface area contributed by atoms with Crippen LogP contribution in [0, 0.1) is 23.1 Å². The van der Waals surface area contributed by atoms with Gasteiger partial charge >= 0.3 is 0 Å². The summed E-state index contributed by atoms with van der Waals surface area (Å²) in [6, 6.07) is 13.6. The molecule has 1 N–H and O–H groups in total. The predicted molar refractivity (Wildman–Crippen MR) is 118 cm³/mol. The Morgan fingerprint density at radius 1 is 1.27 bits per heavy atom. The monoisotopic (exact) mass is 470 g/mol. The Kier molecular flexibility index (Phi) is 7.64. The van der Waals surface area contributed by atoms with Crippen molar-refractivity contribution < 1.29 is 13.9 Å². The lowest BCUT2D eigenvalue weighted by Crippen LogP contribution is -2.41. The van der Waals surface area contributed by atoms with Crippen molar-refractivity contribution in [2.75, 3.05) is 0 Å². The van der Waals surface area contributed by atoms with Crippen molar-refractivity contribution in [3.8, 4) is 11.8 Å². The van der Waals surface area contributed by atoms with Crippen molar-refractivity contribution in [1.29, 1.82) is 5.26 Å². The first-order chi connectivity index (χ1) is 14.5. The summed E-state index contributed by atoms with van der Waals surface area (Å²) in [5.41, 5.74) is 1.66. The standard InChI is InChI=1S/C24H24BrFN2O2/c1-16-4-2-3-5-22(16)28-24(29)19(14-27)12-18-8-11-23(21(25)13-18)30-15-17-6-9-20(26)10-7-17/h6-13,16,22H,2-5,15H2,1H3,(H,28,29)/b19-12+/t16-,22+/m0/s1. The van der Waals surface area contributed by atoms with Crippen LogP contribution in [-0.2, 0) is 11.4 Å². The molecule has 2 aromatic rings. The van der Waals surface area contributed by atoms with Gasteiger partial charge in [0.15, 0.2) is 0 Å². The number of amides is 1. The molecule has 30 heavy (non-hydrogen) atoms. The van der Waals surface area contributed by atoms with Gasteiger partial charge in [-0.25, -0.2) is 4.39 Å². The second-order valence-corrected chi connectivity index (χ2v) is 8.47. The van der Waals surface area contributed by atoms with E-state index in [1.807, 2.05) is 6.07 Å². The van der Waals surface area contributed by atoms with E-state index >= 15 is 0 Å². The van der Waals surface area contributed by atoms with E-state index in [0.29, 0.717) is 22.7 Å². The van der Waals surface area contributed by atoms with Gasteiger partial charge in [-0.1, -0.05) is 38.0 Å². The van der Waals surface area contributed by atoms with Crippen LogP contribution in [0.25, 0.3) is 6.08 Å². The largest absolute Gasteiger partial charge is 0.488 e. The molecule has 0 unspecified atom stereocenters. The van der Waals surface area contributed by atoms with Crippen LogP contribution in [0.3, 0.4) is 0 Å². The van der Waals surface area contributed by atoms with E-state index in [-0.39, 0.29) is 23.3 Å². The van der Waals surface area contributed by atoms with E-state index in [4.69, 9.17) is 4.74 Å². The van der Waals surface area contributed by atoms with E-state index in [0.717, 1.165) is 30.4 Å². The van der Waals surface area contributed by atoms with Crippen molar-refractivity contribution in [3.05, 3.63) is 69.5 Å². The van der Waals surface area contributed by atoms with Crippen LogP contribution in [0.1, 0.15) is 43.7 Å². The topological polar surface area (TPSA) is 62.1 Å². The smallest absolute Gasteiger partial charge is 0.262 e. The molecule has 2 aromatic carbocycles. The third-order valence-corrected chi connectivity index (χ3v) is 5.99. The van der Waals surface area contributed by atoms with Gasteiger partial charge in [-0.3, -0.25) is 4.79 Å². The summed E-state index contributed by atoms with van der Waals surface area (Å²) < 4.78 is 19.5. The molecule has 1 aliphatic rings. The minimum Gasteiger partial charge on any atom is -0.488 e. The molecule has 0 spiro atoms. The number of nitrogens with one attached hydrogen (secondary N) is 1. The van der Waals surface area contributed by atoms with Gasteiger partial charge in [-0.2, -0.15) is 5.26 Å². The highest BCUT2D eigenvalue weighted by Gasteiger charge is 2.24. The molecule has 156 valence electrons. The van der Waals surface area contributed by atoms with E-state index in [2.05, 4.69) is 28.2 Å². The maximum atomic E-state index is 13.0. The molecule has 0 aromatic heterocycles. The number of halogens is 2. The van der Waals surface area contributed by atoms with E-state index in [1.165, 1.54) is 18.6 Å². The molecule has 0 heterocycles. The maximum absolute atomic E-state index is 13.0. The zero-order chi connectivity index (χ0) is 21.5. The average molecular weight is 471 g/mol. The summed E-state index contributed by atoms with van der Waals surface area (Å²) in [7, 11) is 0. The SMILES string of the molecule is C[C@H]1CCCC[C@H]1NC(=O)/C(C#N)=C/c1ccc(OCc2ccc(F)cc2)c(Br)c1. The van der Waals surface area contributed by atoms with Crippen molar-refractivity contribution >= 4 is 27.9 Å². The molecule has 0 aliphatic heterocycles. The normalized spacial score (nSPS) is 19.1. The highest BCUT2D eigenvalue weighted by atomic mass is 79.9. The summed E-state index contributed by atoms with van der Waals surface area (Å²) in [5.74, 6) is 0.431. The zero-order valence-corrected chi connectivity index (χ0v) is 18.4. The number of hydrogen-bond donors (Lipinski definition) is 1. The fraction of sp³-hybridized carbons (Fsp3) is 0.333. The Balaban J connectivity index is 1.66. The predicted octanol–water partition coefficient (Wildman–Crippen LogP) is 5.77. The molecule has 1 amide bonds. The quantitative estimate of drug-likeness (QED) is 0.430. The molecular weight excluding hydrogens is 447 g/mol. The Hall–Kier alpha value is -2.65. The second-order valence-electron chi connectivity index (χ2n) is 7.62. The van der Waals surface area contributed by atoms with Crippen molar-refractivity contribution in [2.45, 2.75) is 45.3 Å². The second kappa shape index (κ2) is 10.4. The Morgan fingerprint density at radius 3 is 2.67 bits per heavy atom. The van der Waals surface area contributed by atoms with Crippen molar-refractivity contribution in [1.82, 2.24) is 5.32 Å². The van der Waals surface area contributed by atoms with Gasteiger partial charge in [0.2, 0.25) is 0 Å². The first-order valence-corrected chi connectivity index (χ1v) is 10.8. The van der Waals surface area contributed by atoms with Gasteiger partial charge < -0.3 is 10.1 Å². The summed E-state index contributed by atoms with van der Waals surface area (Å²) in [6.45, 7) is 2.45. The van der Waals surface area contributed by atoms with Gasteiger partial charge in [-0.05, 0) is 76.2 Å². The molecule has 1 saturated carbocycles. The number of carbonyl (C=O) groups excluding carboxylic acids is 1. The van der Waals surface area contributed by atoms with Crippen LogP contribution in [0.15, 0.2) is 52.5 Å². The molecule has 0 saturated heterocycles. The molecule has 4 nitrogen and oxygen atoms in total. The molecule has 1 aliphatic carbocycles. The van der Waals surface area contributed by atoms with Gasteiger partial charge in [0.25, 0.3) is 5.91 Å². The molecule has 3 rings (SSSR count). The van der Waals surface area contributed by atoms with Gasteiger partial charge in [0, 0.05) is 6.04 Å². The summed E-state index contributed by atoms with van der Waals surface area (Å²) in [5, 5.41) is 12.5. The number of rotatable bonds is 6. The fourth-order valence-corrected chi connectivity index (χ4v) is 4.07. The molecule has 1 fully saturated rings. The number of nitriles is 1. The first-order valence-electron chi connectivity index (χ1n) is 10.1. The van der Waals surface area contributed by atoms with Gasteiger partial charge in [0.1, 0.15) is 29.8 Å². The minimum absolute atomic E-state index is 0.0830. The van der Waals surface area contributed by atoms with E-state index < -0.39 is 0 Å². The molecule has 0 bridgehead atoms. The van der Waals surface area contributed by atoms with Crippen LogP contribution in [-0.4, -0.2) is 11.9 Å². The number of carbonyl (C=O) groups is 1. The van der Waals surface area contributed by atoms with Gasteiger partial charge in [0.05, 0.1) is 4.47 Å². The van der Waals surface area contributed by atoms with Gasteiger partial charge in [-0.15, -0.1) is 0 Å². The molecule has 6 heteroatoms. The van der Waals surface area contributed by atoms with Crippen LogP contribution >= 0.6 is 15.9 Å². The van der Waals surface area contributed by atoms with Crippen LogP contribution in [0.5, 0.6) is 5.75 Å². The minimum atomic E-state index is -0.330. The van der Waals surface area contributed by atoms with Crippen LogP contribution < -0.4 is 10.1 Å². The highest BCUT2D eigenvalue weighted by Crippen LogP contribution is 2.28. The molecule has 0 radical (unpaired) electrons. The number of benzene rings is 2. The third kappa shape index (κ3) is 5.93. The number of hydrogen-bond acceptors (Lipinski definition) is 3. The lowest BCUT2D eigenvalue weighted by Gasteiger charge is -2.29. The van der Waals surface area contributed by atoms with Crippen molar-refractivity contribution in [2.24, 2.45) is 5.92 Å². The fourth-order valence-electron chi connectivity index (χ4n) is 3.56. The van der Waals surface area contributed by atoms with Crippen LogP contribution in [0.4, 0.5) is 4.39 Å². The lowest BCUT2D eigenvalue weighted by molar-refractivity contribution is -0.118. The summed E-state index contributed by atoms with van der Waals surface area (Å²) in [4.78, 5) is 12.6. The van der Waals surface area contributed by atoms with Crippen molar-refractivity contribution in [3.63, 3.8) is 0 Å². The molecule has 2 atom stereocenters. The number of ether oxygens (including phenoxy) is 1. The average Bonchev–Trinajstić information content (AvgIpc) is 2.74. The summed E-state index contributed by atoms with van der Waals surface area (Å²) >= 11 is 3.47. The zero-order valence-electron chi connectivity index (χ0n) is 16.8.